The van der Waals surface area contributed by atoms with Crippen molar-refractivity contribution in [3.8, 4) is 11.8 Å². The lowest BCUT2D eigenvalue weighted by molar-refractivity contribution is 0.140. The number of aromatic nitrogens is 1. The second-order valence-electron chi connectivity index (χ2n) is 5.30. The lowest BCUT2D eigenvalue weighted by Gasteiger charge is -2.12. The van der Waals surface area contributed by atoms with Crippen LogP contribution in [-0.2, 0) is 6.54 Å². The van der Waals surface area contributed by atoms with E-state index >= 15 is 0 Å². The number of rotatable bonds is 5. The van der Waals surface area contributed by atoms with Crippen molar-refractivity contribution in [3.63, 3.8) is 0 Å². The Morgan fingerprint density at radius 1 is 1.16 bits per heavy atom. The second kappa shape index (κ2) is 7.08. The fourth-order valence-electron chi connectivity index (χ4n) is 2.62. The molecular formula is C18H12ClF3N2O. The molecule has 2 aromatic carbocycles. The molecule has 0 N–H and O–H groups in total. The molecule has 0 fully saturated rings. The fraction of sp³-hybridized carbons (Fsp3) is 0.167. The molecule has 25 heavy (non-hydrogen) atoms. The van der Waals surface area contributed by atoms with Crippen molar-refractivity contribution >= 4 is 22.5 Å². The highest BCUT2D eigenvalue weighted by Gasteiger charge is 2.19. The highest BCUT2D eigenvalue weighted by atomic mass is 35.5. The van der Waals surface area contributed by atoms with Crippen LogP contribution in [0.5, 0.6) is 5.75 Å². The topological polar surface area (TPSA) is 38.0 Å². The molecule has 0 amide bonds. The zero-order chi connectivity index (χ0) is 18.0. The maximum absolute atomic E-state index is 13.4. The van der Waals surface area contributed by atoms with Crippen LogP contribution in [0.1, 0.15) is 17.7 Å². The van der Waals surface area contributed by atoms with Crippen LogP contribution in [0.25, 0.3) is 10.9 Å². The van der Waals surface area contributed by atoms with Gasteiger partial charge in [0.15, 0.2) is 0 Å². The van der Waals surface area contributed by atoms with Gasteiger partial charge in [0, 0.05) is 5.39 Å². The molecule has 128 valence electrons. The standard InChI is InChI=1S/C18H12ClF3N2O/c19-17-11(10-23)1-6-15-14(17)9-16(18(21)22)24(15)7-8-25-13-4-2-12(20)3-5-13/h1-6,9,18H,7-8H2. The monoisotopic (exact) mass is 364 g/mol. The van der Waals surface area contributed by atoms with Crippen LogP contribution in [0.2, 0.25) is 5.02 Å². The molecule has 0 radical (unpaired) electrons. The van der Waals surface area contributed by atoms with Gasteiger partial charge in [0.1, 0.15) is 24.2 Å². The minimum absolute atomic E-state index is 0.118. The van der Waals surface area contributed by atoms with Crippen LogP contribution in [0.3, 0.4) is 0 Å². The minimum Gasteiger partial charge on any atom is -0.492 e. The summed E-state index contributed by atoms with van der Waals surface area (Å²) in [6.45, 7) is 0.273. The van der Waals surface area contributed by atoms with Gasteiger partial charge in [0.2, 0.25) is 0 Å². The highest BCUT2D eigenvalue weighted by Crippen LogP contribution is 2.33. The maximum Gasteiger partial charge on any atom is 0.278 e. The van der Waals surface area contributed by atoms with E-state index in [1.807, 2.05) is 6.07 Å². The van der Waals surface area contributed by atoms with Crippen LogP contribution < -0.4 is 4.74 Å². The summed E-state index contributed by atoms with van der Waals surface area (Å²) in [5.41, 5.74) is 0.534. The molecular weight excluding hydrogens is 353 g/mol. The summed E-state index contributed by atoms with van der Waals surface area (Å²) in [6, 6.07) is 11.8. The van der Waals surface area contributed by atoms with Gasteiger partial charge in [-0.25, -0.2) is 13.2 Å². The van der Waals surface area contributed by atoms with Crippen LogP contribution in [0, 0.1) is 17.1 Å². The summed E-state index contributed by atoms with van der Waals surface area (Å²) in [7, 11) is 0. The van der Waals surface area contributed by atoms with Gasteiger partial charge in [0.25, 0.3) is 6.43 Å². The lowest BCUT2D eigenvalue weighted by Crippen LogP contribution is -2.11. The second-order valence-corrected chi connectivity index (χ2v) is 5.67. The molecule has 0 bridgehead atoms. The number of fused-ring (bicyclic) bond motifs is 1. The van der Waals surface area contributed by atoms with Gasteiger partial charge < -0.3 is 9.30 Å². The van der Waals surface area contributed by atoms with E-state index in [9.17, 15) is 13.2 Å². The SMILES string of the molecule is N#Cc1ccc2c(cc(C(F)F)n2CCOc2ccc(F)cc2)c1Cl. The molecule has 1 heterocycles. The first kappa shape index (κ1) is 17.2. The number of hydrogen-bond acceptors (Lipinski definition) is 2. The predicted molar refractivity (Wildman–Crippen MR) is 88.5 cm³/mol. The van der Waals surface area contributed by atoms with Gasteiger partial charge in [0.05, 0.1) is 28.3 Å². The smallest absolute Gasteiger partial charge is 0.278 e. The Morgan fingerprint density at radius 2 is 1.88 bits per heavy atom. The van der Waals surface area contributed by atoms with E-state index < -0.39 is 6.43 Å². The van der Waals surface area contributed by atoms with Crippen LogP contribution in [0.15, 0.2) is 42.5 Å². The average Bonchev–Trinajstić information content (AvgIpc) is 2.97. The van der Waals surface area contributed by atoms with E-state index in [1.54, 1.807) is 6.07 Å². The highest BCUT2D eigenvalue weighted by molar-refractivity contribution is 6.36. The average molecular weight is 365 g/mol. The molecule has 0 unspecified atom stereocenters. The molecule has 0 saturated heterocycles. The maximum atomic E-state index is 13.4. The van der Waals surface area contributed by atoms with E-state index in [0.29, 0.717) is 16.7 Å². The largest absolute Gasteiger partial charge is 0.492 e. The Morgan fingerprint density at radius 3 is 2.52 bits per heavy atom. The third-order valence-corrected chi connectivity index (χ3v) is 4.20. The Kier molecular flexibility index (Phi) is 4.86. The Hall–Kier alpha value is -2.65. The van der Waals surface area contributed by atoms with E-state index in [2.05, 4.69) is 0 Å². The number of hydrogen-bond donors (Lipinski definition) is 0. The fourth-order valence-corrected chi connectivity index (χ4v) is 2.88. The Balaban J connectivity index is 1.89. The molecule has 3 aromatic rings. The van der Waals surface area contributed by atoms with E-state index in [4.69, 9.17) is 21.6 Å². The van der Waals surface area contributed by atoms with Gasteiger partial charge in [-0.2, -0.15) is 5.26 Å². The van der Waals surface area contributed by atoms with Crippen molar-refractivity contribution in [3.05, 3.63) is 64.6 Å². The number of nitriles is 1. The molecule has 0 spiro atoms. The van der Waals surface area contributed by atoms with Gasteiger partial charge in [-0.15, -0.1) is 0 Å². The Labute approximate surface area is 146 Å². The molecule has 0 aliphatic heterocycles. The van der Waals surface area contributed by atoms with Gasteiger partial charge in [-0.3, -0.25) is 0 Å². The molecule has 0 aliphatic rings. The molecule has 3 rings (SSSR count). The Bertz CT molecular complexity index is 946. The number of halogens is 4. The quantitative estimate of drug-likeness (QED) is 0.614. The zero-order valence-corrected chi connectivity index (χ0v) is 13.6. The molecule has 7 heteroatoms. The number of alkyl halides is 2. The summed E-state index contributed by atoms with van der Waals surface area (Å²) in [4.78, 5) is 0. The van der Waals surface area contributed by atoms with Crippen molar-refractivity contribution in [1.29, 1.82) is 5.26 Å². The third kappa shape index (κ3) is 3.42. The first-order valence-electron chi connectivity index (χ1n) is 7.39. The summed E-state index contributed by atoms with van der Waals surface area (Å²) in [5.74, 6) is 0.0629. The van der Waals surface area contributed by atoms with E-state index in [1.165, 1.54) is 41.0 Å². The normalized spacial score (nSPS) is 11.0. The van der Waals surface area contributed by atoms with Crippen molar-refractivity contribution < 1.29 is 17.9 Å². The minimum atomic E-state index is -2.69. The van der Waals surface area contributed by atoms with Crippen LogP contribution in [0.4, 0.5) is 13.2 Å². The van der Waals surface area contributed by atoms with Gasteiger partial charge in [-0.1, -0.05) is 11.6 Å². The van der Waals surface area contributed by atoms with Gasteiger partial charge in [-0.05, 0) is 42.5 Å². The van der Waals surface area contributed by atoms with E-state index in [-0.39, 0.29) is 35.2 Å². The first-order chi connectivity index (χ1) is 12.0. The zero-order valence-electron chi connectivity index (χ0n) is 12.8. The molecule has 1 aromatic heterocycles. The molecule has 0 atom stereocenters. The molecule has 3 nitrogen and oxygen atoms in total. The van der Waals surface area contributed by atoms with Crippen molar-refractivity contribution in [2.75, 3.05) is 6.61 Å². The summed E-state index contributed by atoms with van der Waals surface area (Å²) in [5, 5.41) is 9.57. The van der Waals surface area contributed by atoms with Crippen molar-refractivity contribution in [1.82, 2.24) is 4.57 Å². The van der Waals surface area contributed by atoms with Crippen molar-refractivity contribution in [2.24, 2.45) is 0 Å². The van der Waals surface area contributed by atoms with E-state index in [0.717, 1.165) is 0 Å². The van der Waals surface area contributed by atoms with Crippen LogP contribution >= 0.6 is 11.6 Å². The molecule has 0 aliphatic carbocycles. The molecule has 0 saturated carbocycles. The summed E-state index contributed by atoms with van der Waals surface area (Å²) in [6.07, 6.45) is -2.69. The number of nitrogens with zero attached hydrogens (tertiary/aromatic N) is 2. The van der Waals surface area contributed by atoms with Crippen molar-refractivity contribution in [2.45, 2.75) is 13.0 Å². The summed E-state index contributed by atoms with van der Waals surface area (Å²) >= 11 is 6.13. The first-order valence-corrected chi connectivity index (χ1v) is 7.77. The van der Waals surface area contributed by atoms with Crippen LogP contribution in [-0.4, -0.2) is 11.2 Å². The summed E-state index contributed by atoms with van der Waals surface area (Å²) < 4.78 is 46.5. The predicted octanol–water partition coefficient (Wildman–Crippen LogP) is 5.32. The number of ether oxygens (including phenoxy) is 1. The lowest BCUT2D eigenvalue weighted by atomic mass is 10.1. The number of benzene rings is 2. The van der Waals surface area contributed by atoms with Gasteiger partial charge >= 0.3 is 0 Å². The third-order valence-electron chi connectivity index (χ3n) is 3.79.